The van der Waals surface area contributed by atoms with Crippen molar-refractivity contribution in [2.75, 3.05) is 7.05 Å². The van der Waals surface area contributed by atoms with Crippen LogP contribution in [0.1, 0.15) is 51.5 Å². The monoisotopic (exact) mass is 248 g/mol. The Labute approximate surface area is 112 Å². The van der Waals surface area contributed by atoms with E-state index in [0.29, 0.717) is 6.04 Å². The second-order valence-corrected chi connectivity index (χ2v) is 5.20. The highest BCUT2D eigenvalue weighted by Gasteiger charge is 2.14. The first-order valence-electron chi connectivity index (χ1n) is 7.36. The molecule has 102 valence electrons. The van der Waals surface area contributed by atoms with Crippen molar-refractivity contribution >= 4 is 0 Å². The summed E-state index contributed by atoms with van der Waals surface area (Å²) in [5.74, 6) is 0.865. The summed E-state index contributed by atoms with van der Waals surface area (Å²) in [5, 5.41) is 3.47. The summed E-state index contributed by atoms with van der Waals surface area (Å²) in [6.07, 6.45) is 11.5. The zero-order chi connectivity index (χ0) is 13.2. The van der Waals surface area contributed by atoms with Crippen molar-refractivity contribution < 1.29 is 0 Å². The van der Waals surface area contributed by atoms with Crippen LogP contribution in [0.4, 0.5) is 0 Å². The van der Waals surface area contributed by atoms with Crippen LogP contribution in [0.15, 0.2) is 24.5 Å². The average Bonchev–Trinajstić information content (AvgIpc) is 2.43. The highest BCUT2D eigenvalue weighted by atomic mass is 14.9. The first kappa shape index (κ1) is 15.2. The molecule has 1 N–H and O–H groups in total. The highest BCUT2D eigenvalue weighted by Crippen LogP contribution is 2.20. The maximum absolute atomic E-state index is 4.08. The lowest BCUT2D eigenvalue weighted by atomic mass is 9.90. The molecule has 1 aromatic heterocycles. The lowest BCUT2D eigenvalue weighted by molar-refractivity contribution is 0.358. The van der Waals surface area contributed by atoms with E-state index in [1.165, 1.54) is 37.7 Å². The van der Waals surface area contributed by atoms with Crippen LogP contribution >= 0.6 is 0 Å². The van der Waals surface area contributed by atoms with E-state index in [-0.39, 0.29) is 0 Å². The lowest BCUT2D eigenvalue weighted by Gasteiger charge is -2.22. The maximum atomic E-state index is 4.08. The number of aromatic nitrogens is 1. The molecule has 0 spiro atoms. The molecule has 0 aromatic carbocycles. The Morgan fingerprint density at radius 2 is 1.94 bits per heavy atom. The van der Waals surface area contributed by atoms with Gasteiger partial charge in [0.15, 0.2) is 0 Å². The van der Waals surface area contributed by atoms with Crippen LogP contribution in [0.25, 0.3) is 0 Å². The fourth-order valence-corrected chi connectivity index (χ4v) is 2.49. The summed E-state index contributed by atoms with van der Waals surface area (Å²) in [6.45, 7) is 4.60. The Hall–Kier alpha value is -0.890. The summed E-state index contributed by atoms with van der Waals surface area (Å²) in [4.78, 5) is 4.08. The number of hydrogen-bond acceptors (Lipinski definition) is 2. The van der Waals surface area contributed by atoms with Crippen LogP contribution < -0.4 is 5.32 Å². The van der Waals surface area contributed by atoms with Gasteiger partial charge in [-0.05, 0) is 43.5 Å². The van der Waals surface area contributed by atoms with E-state index in [9.17, 15) is 0 Å². The third kappa shape index (κ3) is 5.63. The third-order valence-corrected chi connectivity index (χ3v) is 3.80. The van der Waals surface area contributed by atoms with Gasteiger partial charge in [0.1, 0.15) is 0 Å². The zero-order valence-electron chi connectivity index (χ0n) is 12.2. The van der Waals surface area contributed by atoms with Crippen LogP contribution in [0, 0.1) is 5.92 Å². The number of likely N-dealkylation sites (N-methyl/N-ethyl adjacent to an activating group) is 1. The Morgan fingerprint density at radius 1 is 1.22 bits per heavy atom. The SMILES string of the molecule is CCCCC(CC)CC(Cc1ccncc1)NC. The predicted molar refractivity (Wildman–Crippen MR) is 78.7 cm³/mol. The van der Waals surface area contributed by atoms with Gasteiger partial charge in [0.2, 0.25) is 0 Å². The Morgan fingerprint density at radius 3 is 2.50 bits per heavy atom. The minimum atomic E-state index is 0.592. The number of nitrogens with one attached hydrogen (secondary N) is 1. The van der Waals surface area contributed by atoms with Gasteiger partial charge in [-0.25, -0.2) is 0 Å². The number of nitrogens with zero attached hydrogens (tertiary/aromatic N) is 1. The van der Waals surface area contributed by atoms with Gasteiger partial charge >= 0.3 is 0 Å². The average molecular weight is 248 g/mol. The molecule has 0 aliphatic heterocycles. The molecule has 0 aliphatic rings. The van der Waals surface area contributed by atoms with Gasteiger partial charge in [-0.2, -0.15) is 0 Å². The van der Waals surface area contributed by atoms with Gasteiger partial charge in [0.25, 0.3) is 0 Å². The molecule has 0 saturated carbocycles. The molecule has 1 rings (SSSR count). The van der Waals surface area contributed by atoms with E-state index in [2.05, 4.69) is 43.3 Å². The molecule has 1 aromatic rings. The molecule has 2 unspecified atom stereocenters. The lowest BCUT2D eigenvalue weighted by Crippen LogP contribution is -2.30. The first-order valence-corrected chi connectivity index (χ1v) is 7.36. The second kappa shape index (κ2) is 9.09. The van der Waals surface area contributed by atoms with E-state index in [4.69, 9.17) is 0 Å². The third-order valence-electron chi connectivity index (χ3n) is 3.80. The van der Waals surface area contributed by atoms with Crippen molar-refractivity contribution in [3.05, 3.63) is 30.1 Å². The summed E-state index contributed by atoms with van der Waals surface area (Å²) in [5.41, 5.74) is 1.38. The minimum Gasteiger partial charge on any atom is -0.317 e. The van der Waals surface area contributed by atoms with Crippen LogP contribution in [0.2, 0.25) is 0 Å². The topological polar surface area (TPSA) is 24.9 Å². The quantitative estimate of drug-likeness (QED) is 0.718. The predicted octanol–water partition coefficient (Wildman–Crippen LogP) is 3.82. The molecule has 0 radical (unpaired) electrons. The van der Waals surface area contributed by atoms with Gasteiger partial charge < -0.3 is 5.32 Å². The van der Waals surface area contributed by atoms with Gasteiger partial charge in [-0.1, -0.05) is 39.5 Å². The zero-order valence-corrected chi connectivity index (χ0v) is 12.2. The first-order chi connectivity index (χ1) is 8.80. The van der Waals surface area contributed by atoms with Crippen molar-refractivity contribution in [3.8, 4) is 0 Å². The van der Waals surface area contributed by atoms with Gasteiger partial charge in [-0.3, -0.25) is 4.98 Å². The molecule has 1 heterocycles. The van der Waals surface area contributed by atoms with Gasteiger partial charge in [0, 0.05) is 18.4 Å². The van der Waals surface area contributed by atoms with E-state index < -0.39 is 0 Å². The van der Waals surface area contributed by atoms with Crippen LogP contribution in [-0.4, -0.2) is 18.1 Å². The standard InChI is InChI=1S/C16H28N2/c1-4-6-7-14(5-2)12-16(17-3)13-15-8-10-18-11-9-15/h8-11,14,16-17H,4-7,12-13H2,1-3H3. The minimum absolute atomic E-state index is 0.592. The molecule has 2 atom stereocenters. The van der Waals surface area contributed by atoms with Crippen LogP contribution in [-0.2, 0) is 6.42 Å². The summed E-state index contributed by atoms with van der Waals surface area (Å²) >= 11 is 0. The molecule has 0 fully saturated rings. The maximum Gasteiger partial charge on any atom is 0.0270 e. The fraction of sp³-hybridized carbons (Fsp3) is 0.688. The molecule has 0 aliphatic carbocycles. The molecule has 0 saturated heterocycles. The summed E-state index contributed by atoms with van der Waals surface area (Å²) in [7, 11) is 2.08. The van der Waals surface area contributed by atoms with Crippen molar-refractivity contribution in [1.29, 1.82) is 0 Å². The number of unbranched alkanes of at least 4 members (excludes halogenated alkanes) is 1. The van der Waals surface area contributed by atoms with Crippen molar-refractivity contribution in [3.63, 3.8) is 0 Å². The number of pyridine rings is 1. The Bertz CT molecular complexity index is 297. The van der Waals surface area contributed by atoms with Crippen LogP contribution in [0.5, 0.6) is 0 Å². The van der Waals surface area contributed by atoms with E-state index in [1.807, 2.05) is 12.4 Å². The summed E-state index contributed by atoms with van der Waals surface area (Å²) in [6, 6.07) is 4.84. The molecular formula is C16H28N2. The van der Waals surface area contributed by atoms with Crippen molar-refractivity contribution in [2.24, 2.45) is 5.92 Å². The highest BCUT2D eigenvalue weighted by molar-refractivity contribution is 5.11. The molecule has 2 nitrogen and oxygen atoms in total. The van der Waals surface area contributed by atoms with E-state index in [1.54, 1.807) is 0 Å². The van der Waals surface area contributed by atoms with Crippen LogP contribution in [0.3, 0.4) is 0 Å². The second-order valence-electron chi connectivity index (χ2n) is 5.20. The molecular weight excluding hydrogens is 220 g/mol. The summed E-state index contributed by atoms with van der Waals surface area (Å²) < 4.78 is 0. The largest absolute Gasteiger partial charge is 0.317 e. The van der Waals surface area contributed by atoms with Crippen molar-refractivity contribution in [1.82, 2.24) is 10.3 Å². The van der Waals surface area contributed by atoms with Gasteiger partial charge in [-0.15, -0.1) is 0 Å². The Kier molecular flexibility index (Phi) is 7.66. The normalized spacial score (nSPS) is 14.4. The molecule has 0 amide bonds. The number of rotatable bonds is 9. The molecule has 18 heavy (non-hydrogen) atoms. The molecule has 0 bridgehead atoms. The smallest absolute Gasteiger partial charge is 0.0270 e. The molecule has 2 heteroatoms. The Balaban J connectivity index is 2.45. The number of hydrogen-bond donors (Lipinski definition) is 1. The van der Waals surface area contributed by atoms with Crippen molar-refractivity contribution in [2.45, 2.75) is 58.4 Å². The van der Waals surface area contributed by atoms with Gasteiger partial charge in [0.05, 0.1) is 0 Å². The van der Waals surface area contributed by atoms with E-state index in [0.717, 1.165) is 12.3 Å². The van der Waals surface area contributed by atoms with E-state index >= 15 is 0 Å². The fourth-order valence-electron chi connectivity index (χ4n) is 2.49.